The SMILES string of the molecule is c1cc2c3c(c1)-c1cccc[n+]1C31c3c(ccc4c5cccnc5c5cc6ncc[n+]1c6n5c34)O2. The molecule has 0 saturated heterocycles. The largest absolute Gasteiger partial charge is 0.456 e. The summed E-state index contributed by atoms with van der Waals surface area (Å²) in [6.07, 6.45) is 8.10. The highest BCUT2D eigenvalue weighted by molar-refractivity contribution is 6.15. The summed E-state index contributed by atoms with van der Waals surface area (Å²) in [5, 5.41) is 2.31. The van der Waals surface area contributed by atoms with Gasteiger partial charge in [0.1, 0.15) is 28.8 Å². The van der Waals surface area contributed by atoms with Gasteiger partial charge in [-0.3, -0.25) is 4.98 Å². The second-order valence-electron chi connectivity index (χ2n) is 9.51. The van der Waals surface area contributed by atoms with Crippen LogP contribution in [0.1, 0.15) is 11.1 Å². The number of aromatic nitrogens is 5. The van der Waals surface area contributed by atoms with Crippen LogP contribution in [0.3, 0.4) is 0 Å². The normalized spacial score (nSPS) is 18.1. The van der Waals surface area contributed by atoms with Crippen molar-refractivity contribution in [3.8, 4) is 22.8 Å². The first kappa shape index (κ1) is 16.7. The molecule has 0 saturated carbocycles. The van der Waals surface area contributed by atoms with Crippen molar-refractivity contribution in [2.45, 2.75) is 5.66 Å². The quantitative estimate of drug-likeness (QED) is 0.254. The lowest BCUT2D eigenvalue weighted by molar-refractivity contribution is -0.954. The van der Waals surface area contributed by atoms with Gasteiger partial charge >= 0.3 is 11.3 Å². The molecule has 35 heavy (non-hydrogen) atoms. The minimum atomic E-state index is -0.617. The van der Waals surface area contributed by atoms with Gasteiger partial charge in [-0.25, -0.2) is 4.98 Å². The number of ether oxygens (including phenoxy) is 1. The lowest BCUT2D eigenvalue weighted by Gasteiger charge is -2.33. The van der Waals surface area contributed by atoms with E-state index in [4.69, 9.17) is 14.7 Å². The summed E-state index contributed by atoms with van der Waals surface area (Å²) in [5.74, 6) is 1.78. The Hall–Kier alpha value is -4.84. The molecular formula is C29H15N5O+2. The average molecular weight is 449 g/mol. The molecule has 8 heterocycles. The van der Waals surface area contributed by atoms with Crippen LogP contribution in [0, 0.1) is 0 Å². The zero-order chi connectivity index (χ0) is 22.5. The summed E-state index contributed by atoms with van der Waals surface area (Å²) in [5.41, 5.74) is 9.31. The minimum absolute atomic E-state index is 0.617. The van der Waals surface area contributed by atoms with Gasteiger partial charge in [-0.15, -0.1) is 4.57 Å². The smallest absolute Gasteiger partial charge is 0.375 e. The summed E-state index contributed by atoms with van der Waals surface area (Å²) in [6, 6.07) is 23.5. The van der Waals surface area contributed by atoms with Gasteiger partial charge in [0.15, 0.2) is 28.3 Å². The van der Waals surface area contributed by atoms with E-state index in [-0.39, 0.29) is 0 Å². The van der Waals surface area contributed by atoms with Crippen LogP contribution in [0.5, 0.6) is 11.5 Å². The summed E-state index contributed by atoms with van der Waals surface area (Å²) >= 11 is 0. The maximum Gasteiger partial charge on any atom is 0.375 e. The molecule has 7 aromatic rings. The van der Waals surface area contributed by atoms with E-state index in [0.717, 1.165) is 50.2 Å². The van der Waals surface area contributed by atoms with Gasteiger partial charge in [-0.2, -0.15) is 8.97 Å². The van der Waals surface area contributed by atoms with Crippen molar-refractivity contribution in [1.82, 2.24) is 14.4 Å². The molecule has 1 unspecified atom stereocenters. The van der Waals surface area contributed by atoms with Crippen LogP contribution in [0.25, 0.3) is 49.7 Å². The molecule has 2 aromatic carbocycles. The molecule has 0 fully saturated rings. The van der Waals surface area contributed by atoms with Gasteiger partial charge in [-0.1, -0.05) is 12.1 Å². The number of fused-ring (bicyclic) bond motifs is 5. The van der Waals surface area contributed by atoms with Crippen LogP contribution in [0.15, 0.2) is 91.5 Å². The number of rotatable bonds is 0. The monoisotopic (exact) mass is 449 g/mol. The van der Waals surface area contributed by atoms with Crippen molar-refractivity contribution in [2.24, 2.45) is 0 Å². The second kappa shape index (κ2) is 5.13. The highest BCUT2D eigenvalue weighted by atomic mass is 16.5. The molecule has 1 atom stereocenters. The Morgan fingerprint density at radius 2 is 1.74 bits per heavy atom. The van der Waals surface area contributed by atoms with E-state index in [9.17, 15) is 0 Å². The maximum atomic E-state index is 6.66. The van der Waals surface area contributed by atoms with Crippen LogP contribution in [-0.2, 0) is 5.66 Å². The molecule has 3 aliphatic heterocycles. The van der Waals surface area contributed by atoms with Crippen LogP contribution >= 0.6 is 0 Å². The Balaban J connectivity index is 1.61. The first-order chi connectivity index (χ1) is 17.4. The number of pyridine rings is 3. The highest BCUT2D eigenvalue weighted by Gasteiger charge is 2.67. The Bertz CT molecular complexity index is 2160. The van der Waals surface area contributed by atoms with Crippen LogP contribution in [0.2, 0.25) is 0 Å². The third-order valence-corrected chi connectivity index (χ3v) is 8.09. The fourth-order valence-electron chi connectivity index (χ4n) is 6.97. The molecule has 160 valence electrons. The zero-order valence-electron chi connectivity index (χ0n) is 18.3. The number of nitrogens with zero attached hydrogens (tertiary/aromatic N) is 5. The number of benzene rings is 2. The molecular weight excluding hydrogens is 434 g/mol. The van der Waals surface area contributed by atoms with Gasteiger partial charge in [0, 0.05) is 35.2 Å². The lowest BCUT2D eigenvalue weighted by Crippen LogP contribution is -2.74. The van der Waals surface area contributed by atoms with Crippen molar-refractivity contribution in [3.05, 3.63) is 103 Å². The Morgan fingerprint density at radius 3 is 2.74 bits per heavy atom. The number of hydrogen-bond donors (Lipinski definition) is 0. The van der Waals surface area contributed by atoms with E-state index >= 15 is 0 Å². The van der Waals surface area contributed by atoms with Crippen LogP contribution in [0.4, 0.5) is 0 Å². The minimum Gasteiger partial charge on any atom is -0.456 e. The second-order valence-corrected chi connectivity index (χ2v) is 9.51. The van der Waals surface area contributed by atoms with E-state index in [1.54, 1.807) is 0 Å². The van der Waals surface area contributed by atoms with E-state index in [0.29, 0.717) is 0 Å². The standard InChI is InChI=1S/C29H15N5O/c1-2-13-32-20(7-1)18-5-3-8-22-24(18)29(32)25-23(35-22)10-9-17-16-6-4-11-31-26(16)21-15-19-28(34(21)27(17)25)33(29)14-12-30-19/h1-15H/q+2. The molecule has 10 rings (SSSR count). The molecule has 5 aromatic heterocycles. The molecule has 0 amide bonds. The lowest BCUT2D eigenvalue weighted by atomic mass is 9.84. The molecule has 0 aliphatic carbocycles. The Kier molecular flexibility index (Phi) is 2.45. The molecule has 0 bridgehead atoms. The summed E-state index contributed by atoms with van der Waals surface area (Å²) < 4.78 is 13.8. The number of hydrogen-bond acceptors (Lipinski definition) is 3. The zero-order valence-corrected chi connectivity index (χ0v) is 18.3. The first-order valence-corrected chi connectivity index (χ1v) is 11.8. The topological polar surface area (TPSA) is 47.2 Å². The maximum absolute atomic E-state index is 6.66. The predicted molar refractivity (Wildman–Crippen MR) is 129 cm³/mol. The van der Waals surface area contributed by atoms with Gasteiger partial charge in [0.2, 0.25) is 5.69 Å². The van der Waals surface area contributed by atoms with Crippen LogP contribution in [-0.4, -0.2) is 14.4 Å². The van der Waals surface area contributed by atoms with Crippen molar-refractivity contribution < 1.29 is 13.9 Å². The average Bonchev–Trinajstić information content (AvgIpc) is 3.45. The third kappa shape index (κ3) is 1.54. The molecule has 3 aliphatic rings. The fraction of sp³-hybridized carbons (Fsp3) is 0.0345. The van der Waals surface area contributed by atoms with E-state index in [1.807, 2.05) is 18.5 Å². The van der Waals surface area contributed by atoms with Crippen molar-refractivity contribution >= 4 is 38.5 Å². The molecule has 0 N–H and O–H groups in total. The van der Waals surface area contributed by atoms with E-state index in [2.05, 4.69) is 86.6 Å². The molecule has 6 heteroatoms. The highest BCUT2D eigenvalue weighted by Crippen LogP contribution is 2.55. The van der Waals surface area contributed by atoms with E-state index < -0.39 is 5.66 Å². The van der Waals surface area contributed by atoms with Gasteiger partial charge < -0.3 is 4.74 Å². The molecule has 6 nitrogen and oxygen atoms in total. The van der Waals surface area contributed by atoms with Crippen molar-refractivity contribution in [3.63, 3.8) is 0 Å². The third-order valence-electron chi connectivity index (χ3n) is 8.09. The first-order valence-electron chi connectivity index (χ1n) is 11.8. The Morgan fingerprint density at radius 1 is 0.771 bits per heavy atom. The predicted octanol–water partition coefficient (Wildman–Crippen LogP) is 4.46. The summed E-state index contributed by atoms with van der Waals surface area (Å²) in [4.78, 5) is 9.62. The van der Waals surface area contributed by atoms with Crippen LogP contribution < -0.4 is 13.9 Å². The van der Waals surface area contributed by atoms with E-state index in [1.165, 1.54) is 22.2 Å². The fourth-order valence-corrected chi connectivity index (χ4v) is 6.97. The van der Waals surface area contributed by atoms with Gasteiger partial charge in [0.05, 0.1) is 11.8 Å². The molecule has 1 spiro atoms. The van der Waals surface area contributed by atoms with Gasteiger partial charge in [0.25, 0.3) is 0 Å². The Labute approximate surface area is 197 Å². The summed E-state index contributed by atoms with van der Waals surface area (Å²) in [6.45, 7) is 0. The van der Waals surface area contributed by atoms with Crippen molar-refractivity contribution in [1.29, 1.82) is 0 Å². The molecule has 0 radical (unpaired) electrons. The van der Waals surface area contributed by atoms with Crippen molar-refractivity contribution in [2.75, 3.05) is 0 Å². The summed E-state index contributed by atoms with van der Waals surface area (Å²) in [7, 11) is 0. The van der Waals surface area contributed by atoms with Gasteiger partial charge in [-0.05, 0) is 36.4 Å².